The quantitative estimate of drug-likeness (QED) is 0.316. The number of benzene rings is 3. The molecule has 1 atom stereocenters. The molecule has 0 aliphatic heterocycles. The summed E-state index contributed by atoms with van der Waals surface area (Å²) in [6.45, 7) is 0. The molecule has 4 aromatic rings. The molecule has 0 radical (unpaired) electrons. The molecule has 3 aromatic carbocycles. The molecule has 1 aromatic heterocycles. The van der Waals surface area contributed by atoms with Gasteiger partial charge in [0.1, 0.15) is 5.82 Å². The first-order chi connectivity index (χ1) is 15.9. The minimum atomic E-state index is -0.908. The van der Waals surface area contributed by atoms with E-state index in [-0.39, 0.29) is 18.1 Å². The number of hydrogen-bond acceptors (Lipinski definition) is 3. The van der Waals surface area contributed by atoms with Crippen LogP contribution >= 0.6 is 15.9 Å². The van der Waals surface area contributed by atoms with Crippen LogP contribution in [0, 0.1) is 5.82 Å². The highest BCUT2D eigenvalue weighted by Crippen LogP contribution is 2.28. The maximum atomic E-state index is 13.3. The number of aromatic nitrogens is 2. The lowest BCUT2D eigenvalue weighted by Crippen LogP contribution is -2.14. The second kappa shape index (κ2) is 9.79. The van der Waals surface area contributed by atoms with E-state index in [9.17, 15) is 19.1 Å². The summed E-state index contributed by atoms with van der Waals surface area (Å²) in [5, 5.41) is 12.2. The average molecular weight is 508 g/mol. The van der Waals surface area contributed by atoms with Gasteiger partial charge in [0.2, 0.25) is 5.91 Å². The Kier molecular flexibility index (Phi) is 6.65. The highest BCUT2D eigenvalue weighted by Gasteiger charge is 2.19. The zero-order chi connectivity index (χ0) is 23.4. The molecule has 6 nitrogen and oxygen atoms in total. The fourth-order valence-corrected chi connectivity index (χ4v) is 3.94. The summed E-state index contributed by atoms with van der Waals surface area (Å²) >= 11 is 3.12. The molecule has 0 spiro atoms. The number of nitrogens with zero attached hydrogens (tertiary/aromatic N) is 2. The molecule has 0 unspecified atom stereocenters. The van der Waals surface area contributed by atoms with Crippen molar-refractivity contribution in [2.75, 3.05) is 5.32 Å². The Balaban J connectivity index is 1.54. The maximum Gasteiger partial charge on any atom is 0.305 e. The van der Waals surface area contributed by atoms with Crippen molar-refractivity contribution < 1.29 is 19.1 Å². The monoisotopic (exact) mass is 507 g/mol. The third kappa shape index (κ3) is 5.35. The van der Waals surface area contributed by atoms with Crippen molar-refractivity contribution in [3.05, 3.63) is 101 Å². The molecule has 0 aliphatic rings. The van der Waals surface area contributed by atoms with Gasteiger partial charge in [-0.25, -0.2) is 9.37 Å². The number of rotatable bonds is 7. The smallest absolute Gasteiger partial charge is 0.305 e. The minimum Gasteiger partial charge on any atom is -0.481 e. The van der Waals surface area contributed by atoms with Crippen LogP contribution < -0.4 is 5.32 Å². The molecule has 0 bridgehead atoms. The fourth-order valence-electron chi connectivity index (χ4n) is 3.55. The van der Waals surface area contributed by atoms with Gasteiger partial charge in [0.25, 0.3) is 0 Å². The molecule has 0 aliphatic carbocycles. The maximum absolute atomic E-state index is 13.3. The van der Waals surface area contributed by atoms with E-state index >= 15 is 0 Å². The van der Waals surface area contributed by atoms with Crippen molar-refractivity contribution in [1.82, 2.24) is 9.55 Å². The van der Waals surface area contributed by atoms with E-state index < -0.39 is 12.0 Å². The van der Waals surface area contributed by atoms with E-state index in [1.54, 1.807) is 42.7 Å². The Morgan fingerprint density at radius 2 is 1.91 bits per heavy atom. The molecular formula is C25H19BrFN3O3. The van der Waals surface area contributed by atoms with Crippen molar-refractivity contribution in [1.29, 1.82) is 0 Å². The van der Waals surface area contributed by atoms with Crippen LogP contribution in [0.25, 0.3) is 17.1 Å². The Bertz CT molecular complexity index is 1350. The van der Waals surface area contributed by atoms with E-state index in [0.717, 1.165) is 11.1 Å². The molecular weight excluding hydrogens is 489 g/mol. The number of hydrogen-bond donors (Lipinski definition) is 2. The predicted molar refractivity (Wildman–Crippen MR) is 128 cm³/mol. The van der Waals surface area contributed by atoms with E-state index in [2.05, 4.69) is 26.2 Å². The van der Waals surface area contributed by atoms with Crippen LogP contribution in [0.15, 0.2) is 83.6 Å². The molecule has 4 rings (SSSR count). The predicted octanol–water partition coefficient (Wildman–Crippen LogP) is 5.65. The SMILES string of the molecule is O=C(O)C[C@@H](c1ccccc1)n1cnc2cc(NC(=O)/C=C/c3ccc(F)c(Br)c3)ccc21. The number of carbonyl (C=O) groups is 2. The van der Waals surface area contributed by atoms with Gasteiger partial charge in [0.05, 0.1) is 34.3 Å². The van der Waals surface area contributed by atoms with Crippen LogP contribution in [-0.4, -0.2) is 26.5 Å². The van der Waals surface area contributed by atoms with Gasteiger partial charge in [-0.15, -0.1) is 0 Å². The first-order valence-corrected chi connectivity index (χ1v) is 10.9. The molecule has 1 amide bonds. The van der Waals surface area contributed by atoms with Gasteiger partial charge in [-0.1, -0.05) is 36.4 Å². The first-order valence-electron chi connectivity index (χ1n) is 10.1. The van der Waals surface area contributed by atoms with Crippen LogP contribution in [0.3, 0.4) is 0 Å². The molecule has 0 saturated carbocycles. The second-order valence-electron chi connectivity index (χ2n) is 7.38. The Labute approximate surface area is 197 Å². The van der Waals surface area contributed by atoms with Gasteiger partial charge in [-0.05, 0) is 63.5 Å². The van der Waals surface area contributed by atoms with E-state index in [0.29, 0.717) is 21.2 Å². The lowest BCUT2D eigenvalue weighted by atomic mass is 10.0. The van der Waals surface area contributed by atoms with Gasteiger partial charge >= 0.3 is 5.97 Å². The molecule has 33 heavy (non-hydrogen) atoms. The Morgan fingerprint density at radius 1 is 1.12 bits per heavy atom. The summed E-state index contributed by atoms with van der Waals surface area (Å²) in [6, 6.07) is 18.7. The average Bonchev–Trinajstić information content (AvgIpc) is 3.21. The third-order valence-electron chi connectivity index (χ3n) is 5.10. The summed E-state index contributed by atoms with van der Waals surface area (Å²) in [5.41, 5.74) is 3.49. The molecule has 0 fully saturated rings. The second-order valence-corrected chi connectivity index (χ2v) is 8.23. The highest BCUT2D eigenvalue weighted by atomic mass is 79.9. The molecule has 1 heterocycles. The number of halogens is 2. The third-order valence-corrected chi connectivity index (χ3v) is 5.71. The summed E-state index contributed by atoms with van der Waals surface area (Å²) in [4.78, 5) is 28.2. The van der Waals surface area contributed by atoms with Gasteiger partial charge in [-0.2, -0.15) is 0 Å². The Hall–Kier alpha value is -3.78. The Morgan fingerprint density at radius 3 is 2.64 bits per heavy atom. The number of carbonyl (C=O) groups excluding carboxylic acids is 1. The lowest BCUT2D eigenvalue weighted by molar-refractivity contribution is -0.137. The standard InChI is InChI=1S/C25H19BrFN3O3/c26-19-12-16(6-9-20(19)27)7-11-24(31)29-18-8-10-22-21(13-18)28-15-30(22)23(14-25(32)33)17-4-2-1-3-5-17/h1-13,15,23H,14H2,(H,29,31)(H,32,33)/b11-7+/t23-/m0/s1. The number of carboxylic acids is 1. The number of imidazole rings is 1. The van der Waals surface area contributed by atoms with Crippen LogP contribution in [0.2, 0.25) is 0 Å². The fraction of sp³-hybridized carbons (Fsp3) is 0.0800. The molecule has 166 valence electrons. The van der Waals surface area contributed by atoms with Crippen molar-refractivity contribution >= 4 is 50.6 Å². The topological polar surface area (TPSA) is 84.2 Å². The number of fused-ring (bicyclic) bond motifs is 1. The summed E-state index contributed by atoms with van der Waals surface area (Å²) in [6.07, 6.45) is 4.48. The number of anilines is 1. The van der Waals surface area contributed by atoms with Gasteiger partial charge < -0.3 is 15.0 Å². The molecule has 8 heteroatoms. The normalized spacial score (nSPS) is 12.2. The van der Waals surface area contributed by atoms with E-state index in [1.165, 1.54) is 12.1 Å². The van der Waals surface area contributed by atoms with Crippen LogP contribution in [0.5, 0.6) is 0 Å². The summed E-state index contributed by atoms with van der Waals surface area (Å²) in [5.74, 6) is -1.63. The van der Waals surface area contributed by atoms with Crippen molar-refractivity contribution in [3.8, 4) is 0 Å². The lowest BCUT2D eigenvalue weighted by Gasteiger charge is -2.18. The number of aliphatic carboxylic acids is 1. The van der Waals surface area contributed by atoms with Gasteiger partial charge in [0.15, 0.2) is 0 Å². The van der Waals surface area contributed by atoms with Crippen molar-refractivity contribution in [2.24, 2.45) is 0 Å². The zero-order valence-electron chi connectivity index (χ0n) is 17.3. The van der Waals surface area contributed by atoms with Crippen LogP contribution in [-0.2, 0) is 9.59 Å². The van der Waals surface area contributed by atoms with Crippen LogP contribution in [0.1, 0.15) is 23.6 Å². The van der Waals surface area contributed by atoms with Crippen molar-refractivity contribution in [3.63, 3.8) is 0 Å². The summed E-state index contributed by atoms with van der Waals surface area (Å²) in [7, 11) is 0. The number of nitrogens with one attached hydrogen (secondary N) is 1. The van der Waals surface area contributed by atoms with E-state index in [4.69, 9.17) is 0 Å². The molecule has 0 saturated heterocycles. The minimum absolute atomic E-state index is 0.0851. The number of carboxylic acid groups (broad SMARTS) is 1. The number of amides is 1. The highest BCUT2D eigenvalue weighted by molar-refractivity contribution is 9.10. The van der Waals surface area contributed by atoms with E-state index in [1.807, 2.05) is 34.9 Å². The molecule has 2 N–H and O–H groups in total. The zero-order valence-corrected chi connectivity index (χ0v) is 18.9. The van der Waals surface area contributed by atoms with Crippen LogP contribution in [0.4, 0.5) is 10.1 Å². The van der Waals surface area contributed by atoms with Gasteiger partial charge in [0, 0.05) is 11.8 Å². The largest absolute Gasteiger partial charge is 0.481 e. The first kappa shape index (κ1) is 22.4. The van der Waals surface area contributed by atoms with Crippen molar-refractivity contribution in [2.45, 2.75) is 12.5 Å². The summed E-state index contributed by atoms with van der Waals surface area (Å²) < 4.78 is 15.5. The van der Waals surface area contributed by atoms with Gasteiger partial charge in [-0.3, -0.25) is 9.59 Å².